The summed E-state index contributed by atoms with van der Waals surface area (Å²) in [4.78, 5) is 20.8. The van der Waals surface area contributed by atoms with Gasteiger partial charge in [-0.1, -0.05) is 34.3 Å². The number of nitrogens with zero attached hydrogens (tertiary/aromatic N) is 7. The number of likely N-dealkylation sites (N-methyl/N-ethyl adjacent to an activating group) is 1. The summed E-state index contributed by atoms with van der Waals surface area (Å²) >= 11 is 0. The van der Waals surface area contributed by atoms with E-state index < -0.39 is 87.2 Å². The molecule has 0 aliphatic heterocycles. The van der Waals surface area contributed by atoms with Crippen molar-refractivity contribution < 1.29 is 76.9 Å². The first kappa shape index (κ1) is 51.1. The van der Waals surface area contributed by atoms with Gasteiger partial charge in [-0.25, -0.2) is 4.57 Å². The van der Waals surface area contributed by atoms with Crippen LogP contribution in [-0.2, 0) is 47.5 Å². The Morgan fingerprint density at radius 1 is 0.641 bits per heavy atom. The van der Waals surface area contributed by atoms with E-state index in [9.17, 15) is 63.2 Å². The number of nitrogens with one attached hydrogen (secondary N) is 5. The zero-order valence-corrected chi connectivity index (χ0v) is 36.8. The molecule has 2 heterocycles. The van der Waals surface area contributed by atoms with Crippen molar-refractivity contribution in [1.82, 2.24) is 24.9 Å². The van der Waals surface area contributed by atoms with Gasteiger partial charge in [-0.15, -0.1) is 0 Å². The predicted molar refractivity (Wildman–Crippen MR) is 229 cm³/mol. The highest BCUT2D eigenvalue weighted by molar-refractivity contribution is 7.86. The molecule has 2 atom stereocenters. The van der Waals surface area contributed by atoms with Gasteiger partial charge in [0.15, 0.2) is 0 Å². The molecule has 0 aliphatic carbocycles. The van der Waals surface area contributed by atoms with Gasteiger partial charge in [0.05, 0.1) is 43.4 Å². The molecule has 0 aliphatic rings. The van der Waals surface area contributed by atoms with Gasteiger partial charge in [-0.2, -0.15) is 48.6 Å². The minimum atomic E-state index is -5.01. The monoisotopic (exact) mass is 981 g/mol. The van der Waals surface area contributed by atoms with Crippen LogP contribution in [0.25, 0.3) is 12.2 Å². The van der Waals surface area contributed by atoms with Gasteiger partial charge in [0.2, 0.25) is 17.8 Å². The van der Waals surface area contributed by atoms with E-state index in [0.717, 1.165) is 24.3 Å². The number of benzene rings is 2. The average molecular weight is 982 g/mol. The summed E-state index contributed by atoms with van der Waals surface area (Å²) in [5, 5.41) is 51.6. The van der Waals surface area contributed by atoms with E-state index >= 15 is 0 Å². The molecule has 0 radical (unpaired) electrons. The van der Waals surface area contributed by atoms with Crippen molar-refractivity contribution in [2.45, 2.75) is 22.0 Å². The van der Waals surface area contributed by atoms with E-state index in [-0.39, 0.29) is 84.4 Å². The van der Waals surface area contributed by atoms with Gasteiger partial charge < -0.3 is 46.6 Å². The third-order valence-electron chi connectivity index (χ3n) is 8.25. The maximum Gasteiger partial charge on any atom is 0.329 e. The Hall–Kier alpha value is -5.52. The average Bonchev–Trinajstić information content (AvgIpc) is 3.19. The molecule has 0 fully saturated rings. The van der Waals surface area contributed by atoms with Crippen molar-refractivity contribution in [2.24, 2.45) is 7.05 Å². The van der Waals surface area contributed by atoms with Gasteiger partial charge in [0, 0.05) is 39.4 Å². The smallest absolute Gasteiger partial charge is 0.329 e. The van der Waals surface area contributed by atoms with Crippen LogP contribution in [0, 0.1) is 0 Å². The number of hydrogen-bond acceptors (Lipinski definition) is 23. The first-order valence-corrected chi connectivity index (χ1v) is 24.2. The molecular weight excluding hydrogens is 937 g/mol. The third-order valence-corrected chi connectivity index (χ3v) is 11.5. The second-order valence-corrected chi connectivity index (χ2v) is 19.4. The molecule has 352 valence electrons. The Kier molecular flexibility index (Phi) is 17.1. The number of aromatic nitrogens is 6. The first-order chi connectivity index (χ1) is 29.7. The highest BCUT2D eigenvalue weighted by Gasteiger charge is 2.23. The number of rotatable bonds is 24. The quantitative estimate of drug-likeness (QED) is 0.0201. The SMILES string of the molecule is CN(CC(O)CO)c1nc(NCCS(=O)(=O)O)nc(Nc2ccc(C=Cc3ccc(Nc4nc(NCC(O)CO)nc(NCCS(=O)(=O)O)[n+]4C)cc3S(=O)(=O)O)c(S(=O)(=O)O)c2)n1. The second-order valence-electron chi connectivity index (χ2n) is 13.4. The largest absolute Gasteiger partial charge is 0.394 e. The van der Waals surface area contributed by atoms with Crippen LogP contribution in [-0.4, -0.2) is 167 Å². The molecule has 0 spiro atoms. The van der Waals surface area contributed by atoms with Crippen LogP contribution in [0.3, 0.4) is 0 Å². The maximum absolute atomic E-state index is 12.6. The molecule has 0 bridgehead atoms. The maximum atomic E-state index is 12.6. The van der Waals surface area contributed by atoms with Gasteiger partial charge in [-0.05, 0) is 35.4 Å². The molecule has 0 saturated heterocycles. The molecule has 32 heteroatoms. The fraction of sp³-hybridized carbons (Fsp3) is 0.375. The first-order valence-electron chi connectivity index (χ1n) is 18.1. The van der Waals surface area contributed by atoms with Gasteiger partial charge in [0.1, 0.15) is 15.5 Å². The summed E-state index contributed by atoms with van der Waals surface area (Å²) < 4.78 is 135. The van der Waals surface area contributed by atoms with Crippen LogP contribution >= 0.6 is 0 Å². The highest BCUT2D eigenvalue weighted by atomic mass is 32.2. The lowest BCUT2D eigenvalue weighted by Gasteiger charge is -2.20. The lowest BCUT2D eigenvalue weighted by atomic mass is 10.1. The molecule has 2 aromatic heterocycles. The number of hydrogen-bond donors (Lipinski definition) is 13. The standard InChI is InChI=1S/C32H44N12O16S4/c1-43(16-24(48)18-46)31-40-27(33-9-11-61(49,50)51)38-29(42-31)36-21-7-5-19(25(13-21)63(55,56)57)3-4-20-6-8-22(14-26(20)64(58,59)60)37-32-41-28(35-15-23(47)17-45)39-30(44(32)2)34-10-12-62(52,53)54/h3-8,13-14,23-24,45-48H,9-12,15-18H2,1-2H3,(H8,33,34,35,36,37,38,39,40,41,42,49,50,51,52,53,54,55,56,57,58,59,60)/p+1. The van der Waals surface area contributed by atoms with Gasteiger partial charge >= 0.3 is 17.8 Å². The van der Waals surface area contributed by atoms with Crippen molar-refractivity contribution in [3.05, 3.63) is 47.5 Å². The fourth-order valence-corrected chi connectivity index (χ4v) is 7.33. The Balaban J connectivity index is 1.68. The molecule has 0 saturated carbocycles. The summed E-state index contributed by atoms with van der Waals surface area (Å²) in [7, 11) is -15.9. The summed E-state index contributed by atoms with van der Waals surface area (Å²) in [6.45, 7) is -2.26. The van der Waals surface area contributed by atoms with Crippen molar-refractivity contribution in [2.75, 3.05) is 89.4 Å². The van der Waals surface area contributed by atoms with E-state index in [1.807, 2.05) is 0 Å². The van der Waals surface area contributed by atoms with E-state index in [2.05, 4.69) is 51.5 Å². The minimum absolute atomic E-state index is 0.00685. The summed E-state index contributed by atoms with van der Waals surface area (Å²) in [5.41, 5.74) is -0.367. The predicted octanol–water partition coefficient (Wildman–Crippen LogP) is -2.21. The van der Waals surface area contributed by atoms with Crippen molar-refractivity contribution in [1.29, 1.82) is 0 Å². The van der Waals surface area contributed by atoms with E-state index in [1.165, 1.54) is 47.8 Å². The summed E-state index contributed by atoms with van der Waals surface area (Å²) in [6, 6.07) is 7.08. The Morgan fingerprint density at radius 2 is 1.12 bits per heavy atom. The molecule has 2 aromatic carbocycles. The lowest BCUT2D eigenvalue weighted by Crippen LogP contribution is -2.39. The molecule has 64 heavy (non-hydrogen) atoms. The Labute approximate surface area is 366 Å². The zero-order valence-electron chi connectivity index (χ0n) is 33.5. The van der Waals surface area contributed by atoms with Gasteiger partial charge in [-0.3, -0.25) is 23.5 Å². The van der Waals surface area contributed by atoms with Crippen molar-refractivity contribution >= 4 is 99.7 Å². The molecule has 4 aromatic rings. The van der Waals surface area contributed by atoms with Crippen molar-refractivity contribution in [3.8, 4) is 0 Å². The molecule has 4 rings (SSSR count). The molecule has 2 unspecified atom stereocenters. The molecule has 0 amide bonds. The lowest BCUT2D eigenvalue weighted by molar-refractivity contribution is -0.647. The van der Waals surface area contributed by atoms with Crippen LogP contribution < -0.4 is 36.1 Å². The van der Waals surface area contributed by atoms with Crippen LogP contribution in [0.15, 0.2) is 46.2 Å². The summed E-state index contributed by atoms with van der Waals surface area (Å²) in [6.07, 6.45) is -0.188. The van der Waals surface area contributed by atoms with E-state index in [4.69, 9.17) is 9.11 Å². The number of aliphatic hydroxyl groups excluding tert-OH is 4. The topological polar surface area (TPSA) is 430 Å². The molecule has 28 nitrogen and oxygen atoms in total. The van der Waals surface area contributed by atoms with Crippen LogP contribution in [0.1, 0.15) is 11.1 Å². The Morgan fingerprint density at radius 3 is 1.64 bits per heavy atom. The normalized spacial score (nSPS) is 13.3. The molecular formula is C32H45N12O16S4+. The van der Waals surface area contributed by atoms with Crippen LogP contribution in [0.4, 0.5) is 47.1 Å². The van der Waals surface area contributed by atoms with Crippen LogP contribution in [0.5, 0.6) is 0 Å². The molecule has 13 N–H and O–H groups in total. The zero-order chi connectivity index (χ0) is 47.6. The van der Waals surface area contributed by atoms with E-state index in [0.29, 0.717) is 0 Å². The fourth-order valence-electron chi connectivity index (χ4n) is 5.19. The third kappa shape index (κ3) is 15.9. The Bertz CT molecular complexity index is 2790. The number of aliphatic hydroxyl groups is 4. The second kappa shape index (κ2) is 21.4. The van der Waals surface area contributed by atoms with E-state index in [1.54, 1.807) is 0 Å². The summed E-state index contributed by atoms with van der Waals surface area (Å²) in [5.74, 6) is -2.24. The van der Waals surface area contributed by atoms with Crippen molar-refractivity contribution in [3.63, 3.8) is 0 Å². The number of anilines is 8. The minimum Gasteiger partial charge on any atom is -0.394 e. The van der Waals surface area contributed by atoms with Crippen LogP contribution in [0.2, 0.25) is 0 Å². The highest BCUT2D eigenvalue weighted by Crippen LogP contribution is 2.28. The van der Waals surface area contributed by atoms with Gasteiger partial charge in [0.25, 0.3) is 40.5 Å².